The van der Waals surface area contributed by atoms with Crippen molar-refractivity contribution in [2.75, 3.05) is 5.73 Å². The second-order valence-corrected chi connectivity index (χ2v) is 18.7. The Kier molecular flexibility index (Phi) is 17.0. The Morgan fingerprint density at radius 1 is 0.750 bits per heavy atom. The Bertz CT molecular complexity index is 3510. The molecule has 9 rings (SSSR count). The number of aromatic carboxylic acids is 3. The molecule has 4 aromatic heterocycles. The van der Waals surface area contributed by atoms with Gasteiger partial charge >= 0.3 is 28.0 Å². The molecule has 0 bridgehead atoms. The molecule has 0 aliphatic carbocycles. The predicted molar refractivity (Wildman–Crippen MR) is 266 cm³/mol. The van der Waals surface area contributed by atoms with Crippen molar-refractivity contribution in [1.82, 2.24) is 24.7 Å². The van der Waals surface area contributed by atoms with Crippen LogP contribution in [0.25, 0.3) is 44.1 Å². The van der Waals surface area contributed by atoms with E-state index in [4.69, 9.17) is 34.7 Å². The first kappa shape index (κ1) is 52.0. The van der Waals surface area contributed by atoms with E-state index in [0.29, 0.717) is 40.7 Å². The van der Waals surface area contributed by atoms with Gasteiger partial charge < -0.3 is 40.2 Å². The zero-order valence-electron chi connectivity index (χ0n) is 35.0. The summed E-state index contributed by atoms with van der Waals surface area (Å²) < 4.78 is 68.7. The molecule has 9 N–H and O–H groups in total. The van der Waals surface area contributed by atoms with Crippen LogP contribution in [0, 0.1) is 14.1 Å². The van der Waals surface area contributed by atoms with Crippen molar-refractivity contribution in [2.24, 2.45) is 7.05 Å². The van der Waals surface area contributed by atoms with E-state index in [9.17, 15) is 36.3 Å². The molecule has 5 aromatic carbocycles. The molecule has 0 aliphatic rings. The van der Waals surface area contributed by atoms with Crippen molar-refractivity contribution in [3.8, 4) is 17.0 Å². The molecule has 20 nitrogen and oxygen atoms in total. The van der Waals surface area contributed by atoms with Gasteiger partial charge in [-0.05, 0) is 94.6 Å². The van der Waals surface area contributed by atoms with E-state index in [1.165, 1.54) is 22.9 Å². The van der Waals surface area contributed by atoms with Crippen molar-refractivity contribution in [3.05, 3.63) is 157 Å². The molecule has 352 valence electrons. The minimum Gasteiger partial charge on any atom is -0.506 e. The molecule has 68 heavy (non-hydrogen) atoms. The summed E-state index contributed by atoms with van der Waals surface area (Å²) in [5.74, 6) is -3.06. The van der Waals surface area contributed by atoms with Crippen molar-refractivity contribution < 1.29 is 65.3 Å². The largest absolute Gasteiger partial charge is 0.506 e. The van der Waals surface area contributed by atoms with Crippen molar-refractivity contribution in [3.63, 3.8) is 0 Å². The molecule has 0 atom stereocenters. The molecule has 0 amide bonds. The summed E-state index contributed by atoms with van der Waals surface area (Å²) >= 11 is 3.73. The number of nitrogens with zero attached hydrogens (tertiary/aromatic N) is 4. The first-order chi connectivity index (χ1) is 32.0. The summed E-state index contributed by atoms with van der Waals surface area (Å²) in [6, 6.07) is 34.5. The van der Waals surface area contributed by atoms with Crippen LogP contribution in [0.2, 0.25) is 0 Å². The number of aryl methyl sites for hydroxylation is 2. The van der Waals surface area contributed by atoms with Gasteiger partial charge in [-0.3, -0.25) is 14.1 Å². The summed E-state index contributed by atoms with van der Waals surface area (Å²) in [7, 11) is -6.90. The number of rotatable bonds is 6. The number of hydrogen-bond acceptors (Lipinski definition) is 13. The molecular weight excluding hydrogens is 1150 g/mol. The van der Waals surface area contributed by atoms with Crippen LogP contribution in [0.15, 0.2) is 142 Å². The third-order valence-electron chi connectivity index (χ3n) is 9.19. The number of anilines is 1. The first-order valence-corrected chi connectivity index (χ1v) is 24.0. The van der Waals surface area contributed by atoms with Gasteiger partial charge in [0.25, 0.3) is 15.3 Å². The lowest BCUT2D eigenvalue weighted by atomic mass is 10.1. The molecule has 0 spiro atoms. The van der Waals surface area contributed by atoms with Crippen LogP contribution in [-0.2, 0) is 27.3 Å². The Morgan fingerprint density at radius 2 is 1.37 bits per heavy atom. The molecule has 0 radical (unpaired) electrons. The maximum Gasteiger partial charge on any atom is 0.352 e. The van der Waals surface area contributed by atoms with E-state index in [0.717, 1.165) is 16.5 Å². The molecule has 0 aliphatic heterocycles. The number of fused-ring (bicyclic) bond motifs is 3. The fraction of sp³-hybridized carbons (Fsp3) is 0.0455. The lowest BCUT2D eigenvalue weighted by Crippen LogP contribution is -2.06. The number of benzene rings is 5. The quantitative estimate of drug-likeness (QED) is 0.0440. The van der Waals surface area contributed by atoms with Crippen LogP contribution in [0.1, 0.15) is 37.0 Å². The number of para-hydroxylation sites is 4. The highest BCUT2D eigenvalue weighted by molar-refractivity contribution is 14.1. The molecule has 0 unspecified atom stereocenters. The average molecular weight is 1190 g/mol. The highest BCUT2D eigenvalue weighted by Crippen LogP contribution is 2.33. The van der Waals surface area contributed by atoms with Gasteiger partial charge in [0.15, 0.2) is 0 Å². The molecule has 0 saturated heterocycles. The van der Waals surface area contributed by atoms with E-state index < -0.39 is 38.1 Å². The standard InChI is InChI=1S/C11H9NO3.C9H7NO3S.C9H7NO2.C8H8N2O3S.C7H5I2NO3/c1-7-9(11(13)14)10(12-15-7)8-5-3-2-4-6-8;11-14(12,13)8-5-1-3-7-4-2-6-10-9(7)8;11-9(12)8-5-6-3-1-2-4-7(6)10-8;1-10-7-5-3-2-4-6(7)9-8(10)14(11,12)13;8-3-1-2(7(12)13)6(11)4(9)5(3)10/h2-6H,1H3,(H,13,14);1-6H,(H,11,12,13);1-5,10H,(H,11,12);2-5H,1H3,(H,11,12,13);1,11H,10H2,(H,12,13). The van der Waals surface area contributed by atoms with Gasteiger partial charge in [-0.25, -0.2) is 19.4 Å². The lowest BCUT2D eigenvalue weighted by molar-refractivity contribution is 0.0681. The number of nitrogens with one attached hydrogen (secondary N) is 1. The number of aromatic amines is 1. The van der Waals surface area contributed by atoms with Gasteiger partial charge in [-0.15, -0.1) is 0 Å². The lowest BCUT2D eigenvalue weighted by Gasteiger charge is -2.06. The Hall–Kier alpha value is -6.98. The van der Waals surface area contributed by atoms with Crippen molar-refractivity contribution in [1.29, 1.82) is 0 Å². The average Bonchev–Trinajstić information content (AvgIpc) is 4.03. The second kappa shape index (κ2) is 22.2. The molecular formula is C44H36I2N6O14S2. The smallest absolute Gasteiger partial charge is 0.352 e. The van der Waals surface area contributed by atoms with Crippen LogP contribution in [0.5, 0.6) is 5.75 Å². The summed E-state index contributed by atoms with van der Waals surface area (Å²) in [5, 5.41) is 40.8. The number of carbonyl (C=O) groups is 3. The number of carboxylic acid groups (broad SMARTS) is 3. The number of aromatic hydroxyl groups is 1. The van der Waals surface area contributed by atoms with Crippen LogP contribution >= 0.6 is 45.2 Å². The number of H-pyrrole nitrogens is 1. The van der Waals surface area contributed by atoms with Gasteiger partial charge in [0.05, 0.1) is 25.8 Å². The predicted octanol–water partition coefficient (Wildman–Crippen LogP) is 8.40. The Balaban J connectivity index is 0.000000159. The summed E-state index contributed by atoms with van der Waals surface area (Å²) in [6.45, 7) is 1.59. The maximum absolute atomic E-state index is 11.0. The fourth-order valence-electron chi connectivity index (χ4n) is 6.03. The molecule has 4 heterocycles. The van der Waals surface area contributed by atoms with Gasteiger partial charge in [-0.2, -0.15) is 16.8 Å². The van der Waals surface area contributed by atoms with Crippen molar-refractivity contribution >= 4 is 122 Å². The van der Waals surface area contributed by atoms with Crippen LogP contribution in [-0.4, -0.2) is 89.0 Å². The van der Waals surface area contributed by atoms with Gasteiger partial charge in [0.1, 0.15) is 38.9 Å². The zero-order chi connectivity index (χ0) is 50.1. The highest BCUT2D eigenvalue weighted by atomic mass is 127. The van der Waals surface area contributed by atoms with E-state index >= 15 is 0 Å². The topological polar surface area (TPSA) is 339 Å². The van der Waals surface area contributed by atoms with Crippen molar-refractivity contribution in [2.45, 2.75) is 17.0 Å². The monoisotopic (exact) mass is 1190 g/mol. The summed E-state index contributed by atoms with van der Waals surface area (Å²) in [4.78, 5) is 42.5. The summed E-state index contributed by atoms with van der Waals surface area (Å²) in [5.41, 5.74) is 9.70. The Morgan fingerprint density at radius 3 is 1.97 bits per heavy atom. The third kappa shape index (κ3) is 12.7. The van der Waals surface area contributed by atoms with E-state index in [2.05, 4.69) is 20.1 Å². The number of carboxylic acids is 3. The van der Waals surface area contributed by atoms with Crippen LogP contribution < -0.4 is 5.73 Å². The number of imidazole rings is 1. The normalized spacial score (nSPS) is 10.9. The Labute approximate surface area is 412 Å². The molecule has 9 aromatic rings. The summed E-state index contributed by atoms with van der Waals surface area (Å²) in [6.07, 6.45) is 1.48. The zero-order valence-corrected chi connectivity index (χ0v) is 41.0. The van der Waals surface area contributed by atoms with Gasteiger partial charge in [0, 0.05) is 38.7 Å². The van der Waals surface area contributed by atoms with Crippen LogP contribution in [0.3, 0.4) is 0 Å². The minimum absolute atomic E-state index is 0.122. The number of nitrogen functional groups attached to an aromatic ring is 1. The maximum atomic E-state index is 11.0. The van der Waals surface area contributed by atoms with E-state index in [-0.39, 0.29) is 38.1 Å². The second-order valence-electron chi connectivity index (χ2n) is 13.7. The highest BCUT2D eigenvalue weighted by Gasteiger charge is 2.21. The van der Waals surface area contributed by atoms with Gasteiger partial charge in [-0.1, -0.05) is 84.0 Å². The minimum atomic E-state index is -4.24. The molecule has 0 saturated carbocycles. The third-order valence-corrected chi connectivity index (χ3v) is 12.9. The van der Waals surface area contributed by atoms with Gasteiger partial charge in [0.2, 0.25) is 0 Å². The number of phenols is 1. The van der Waals surface area contributed by atoms with Crippen LogP contribution in [0.4, 0.5) is 5.69 Å². The first-order valence-electron chi connectivity index (χ1n) is 19.0. The SMILES string of the molecule is Cc1onc(-c2ccccc2)c1C(=O)O.Cn1c(S(=O)(=O)O)nc2ccccc21.Nc1c(I)cc(C(=O)O)c(O)c1I.O=C(O)c1cc2ccccc2[nH]1.O=S(=O)(O)c1cccc2cccnc12. The number of nitrogens with two attached hydrogens (primary N) is 1. The van der Waals surface area contributed by atoms with E-state index in [1.54, 1.807) is 80.7 Å². The number of aromatic nitrogens is 5. The molecule has 24 heteroatoms. The molecule has 0 fully saturated rings. The van der Waals surface area contributed by atoms with E-state index in [1.807, 2.05) is 87.6 Å². The fourth-order valence-corrected chi connectivity index (χ4v) is 9.03. The number of pyridine rings is 1. The number of halogens is 2. The number of hydrogen-bond donors (Lipinski definition) is 8.